The summed E-state index contributed by atoms with van der Waals surface area (Å²) in [5.74, 6) is -1.64. The van der Waals surface area contributed by atoms with Crippen LogP contribution in [0.15, 0.2) is 42.5 Å². The molecule has 0 spiro atoms. The largest absolute Gasteiger partial charge is 0.348 e. The zero-order valence-corrected chi connectivity index (χ0v) is 11.1. The molecular weight excluding hydrogens is 304 g/mol. The van der Waals surface area contributed by atoms with Crippen molar-refractivity contribution in [2.24, 2.45) is 0 Å². The number of benzene rings is 1. The highest BCUT2D eigenvalue weighted by Crippen LogP contribution is 2.08. The number of hydrogen-bond donors (Lipinski definition) is 1. The number of carbonyl (C=O) groups is 1. The molecule has 0 aliphatic heterocycles. The van der Waals surface area contributed by atoms with E-state index in [0.29, 0.717) is 5.33 Å². The molecule has 0 bridgehead atoms. The van der Waals surface area contributed by atoms with Crippen LogP contribution in [-0.2, 0) is 11.3 Å². The Morgan fingerprint density at radius 1 is 1.33 bits per heavy atom. The van der Waals surface area contributed by atoms with Crippen LogP contribution in [0.2, 0.25) is 0 Å². The Labute approximate surface area is 113 Å². The van der Waals surface area contributed by atoms with E-state index in [1.807, 2.05) is 6.08 Å². The van der Waals surface area contributed by atoms with Crippen molar-refractivity contribution in [2.45, 2.75) is 6.54 Å². The summed E-state index contributed by atoms with van der Waals surface area (Å²) in [7, 11) is 0. The van der Waals surface area contributed by atoms with Gasteiger partial charge in [0.25, 0.3) is 0 Å². The van der Waals surface area contributed by atoms with Crippen LogP contribution in [0.25, 0.3) is 0 Å². The minimum atomic E-state index is -0.668. The molecule has 1 rings (SSSR count). The van der Waals surface area contributed by atoms with Crippen LogP contribution >= 0.6 is 15.9 Å². The van der Waals surface area contributed by atoms with E-state index in [2.05, 4.69) is 21.2 Å². The van der Waals surface area contributed by atoms with E-state index in [9.17, 15) is 13.6 Å². The lowest BCUT2D eigenvalue weighted by Gasteiger charge is -2.03. The molecule has 0 atom stereocenters. The van der Waals surface area contributed by atoms with Gasteiger partial charge in [-0.2, -0.15) is 0 Å². The predicted octanol–water partition coefficient (Wildman–Crippen LogP) is 3.09. The van der Waals surface area contributed by atoms with Gasteiger partial charge in [0.2, 0.25) is 5.91 Å². The molecule has 0 fully saturated rings. The first-order valence-electron chi connectivity index (χ1n) is 5.24. The summed E-state index contributed by atoms with van der Waals surface area (Å²) >= 11 is 3.20. The summed E-state index contributed by atoms with van der Waals surface area (Å²) in [6.07, 6.45) is 6.45. The third kappa shape index (κ3) is 5.23. The van der Waals surface area contributed by atoms with E-state index in [4.69, 9.17) is 0 Å². The zero-order chi connectivity index (χ0) is 13.4. The van der Waals surface area contributed by atoms with Crippen LogP contribution in [0.5, 0.6) is 0 Å². The van der Waals surface area contributed by atoms with Gasteiger partial charge in [-0.3, -0.25) is 4.79 Å². The van der Waals surface area contributed by atoms with Crippen LogP contribution in [0, 0.1) is 11.6 Å². The first-order valence-corrected chi connectivity index (χ1v) is 6.36. The lowest BCUT2D eigenvalue weighted by atomic mass is 10.2. The number of amides is 1. The van der Waals surface area contributed by atoms with E-state index in [0.717, 1.165) is 12.1 Å². The molecule has 5 heteroatoms. The molecule has 2 nitrogen and oxygen atoms in total. The summed E-state index contributed by atoms with van der Waals surface area (Å²) < 4.78 is 25.9. The Kier molecular flexibility index (Phi) is 6.28. The van der Waals surface area contributed by atoms with Crippen LogP contribution in [-0.4, -0.2) is 11.2 Å². The van der Waals surface area contributed by atoms with Crippen molar-refractivity contribution in [1.29, 1.82) is 0 Å². The molecule has 18 heavy (non-hydrogen) atoms. The monoisotopic (exact) mass is 315 g/mol. The zero-order valence-electron chi connectivity index (χ0n) is 9.50. The third-order valence-corrected chi connectivity index (χ3v) is 2.43. The van der Waals surface area contributed by atoms with Gasteiger partial charge < -0.3 is 5.32 Å². The highest BCUT2D eigenvalue weighted by molar-refractivity contribution is 9.09. The first kappa shape index (κ1) is 14.6. The quantitative estimate of drug-likeness (QED) is 0.505. The molecule has 0 aliphatic carbocycles. The SMILES string of the molecule is O=C(C=CC=CCBr)NCc1ccc(F)cc1F. The van der Waals surface area contributed by atoms with Gasteiger partial charge >= 0.3 is 0 Å². The van der Waals surface area contributed by atoms with Gasteiger partial charge in [0, 0.05) is 29.6 Å². The van der Waals surface area contributed by atoms with Crippen LogP contribution in [0.4, 0.5) is 8.78 Å². The fourth-order valence-electron chi connectivity index (χ4n) is 1.18. The molecule has 0 saturated heterocycles. The fraction of sp³-hybridized carbons (Fsp3) is 0.154. The lowest BCUT2D eigenvalue weighted by Crippen LogP contribution is -2.20. The summed E-state index contributed by atoms with van der Waals surface area (Å²) in [5.41, 5.74) is 0.245. The molecule has 0 heterocycles. The van der Waals surface area contributed by atoms with Crippen LogP contribution in [0.3, 0.4) is 0 Å². The summed E-state index contributed by atoms with van der Waals surface area (Å²) in [6, 6.07) is 3.24. The van der Waals surface area contributed by atoms with Gasteiger partial charge in [-0.1, -0.05) is 40.2 Å². The summed E-state index contributed by atoms with van der Waals surface area (Å²) in [4.78, 5) is 11.3. The number of halogens is 3. The summed E-state index contributed by atoms with van der Waals surface area (Å²) in [5, 5.41) is 3.21. The maximum Gasteiger partial charge on any atom is 0.244 e. The van der Waals surface area contributed by atoms with Gasteiger partial charge in [0.05, 0.1) is 0 Å². The molecule has 1 aromatic rings. The van der Waals surface area contributed by atoms with Gasteiger partial charge in [0.1, 0.15) is 11.6 Å². The Balaban J connectivity index is 2.47. The molecule has 0 aliphatic rings. The Bertz CT molecular complexity index is 472. The Morgan fingerprint density at radius 2 is 2.11 bits per heavy atom. The van der Waals surface area contributed by atoms with E-state index >= 15 is 0 Å². The minimum Gasteiger partial charge on any atom is -0.348 e. The normalized spacial score (nSPS) is 11.3. The standard InChI is InChI=1S/C13H12BrF2NO/c14-7-3-1-2-4-13(18)17-9-10-5-6-11(15)8-12(10)16/h1-6,8H,7,9H2,(H,17,18). The highest BCUT2D eigenvalue weighted by Gasteiger charge is 2.04. The van der Waals surface area contributed by atoms with Crippen molar-refractivity contribution >= 4 is 21.8 Å². The molecule has 0 unspecified atom stereocenters. The van der Waals surface area contributed by atoms with Crippen LogP contribution < -0.4 is 5.32 Å². The average Bonchev–Trinajstić information content (AvgIpc) is 2.33. The third-order valence-electron chi connectivity index (χ3n) is 2.05. The summed E-state index contributed by atoms with van der Waals surface area (Å²) in [6.45, 7) is 0.0252. The molecule has 0 radical (unpaired) electrons. The van der Waals surface area contributed by atoms with Gasteiger partial charge in [-0.05, 0) is 6.07 Å². The fourth-order valence-corrected chi connectivity index (χ4v) is 1.40. The molecule has 1 N–H and O–H groups in total. The minimum absolute atomic E-state index is 0.0252. The highest BCUT2D eigenvalue weighted by atomic mass is 79.9. The molecule has 1 aromatic carbocycles. The molecule has 96 valence electrons. The van der Waals surface area contributed by atoms with Gasteiger partial charge in [-0.25, -0.2) is 8.78 Å². The van der Waals surface area contributed by atoms with Crippen molar-refractivity contribution in [3.05, 3.63) is 59.7 Å². The molecular formula is C13H12BrF2NO. The number of hydrogen-bond acceptors (Lipinski definition) is 1. The van der Waals surface area contributed by atoms with Gasteiger partial charge in [-0.15, -0.1) is 0 Å². The predicted molar refractivity (Wildman–Crippen MR) is 70.3 cm³/mol. The Hall–Kier alpha value is -1.49. The van der Waals surface area contributed by atoms with Crippen molar-refractivity contribution in [1.82, 2.24) is 5.32 Å². The second kappa shape index (κ2) is 7.76. The number of rotatable bonds is 5. The molecule has 0 saturated carbocycles. The molecule has 0 aromatic heterocycles. The van der Waals surface area contributed by atoms with Crippen molar-refractivity contribution in [3.63, 3.8) is 0 Å². The number of alkyl halides is 1. The number of nitrogens with one attached hydrogen (secondary N) is 1. The topological polar surface area (TPSA) is 29.1 Å². The maximum atomic E-state index is 13.2. The van der Waals surface area contributed by atoms with Crippen molar-refractivity contribution < 1.29 is 13.6 Å². The average molecular weight is 316 g/mol. The Morgan fingerprint density at radius 3 is 2.78 bits per heavy atom. The first-order chi connectivity index (χ1) is 8.63. The molecule has 1 amide bonds. The van der Waals surface area contributed by atoms with E-state index in [-0.39, 0.29) is 18.0 Å². The second-order valence-electron chi connectivity index (χ2n) is 3.40. The maximum absolute atomic E-state index is 13.2. The van der Waals surface area contributed by atoms with Crippen molar-refractivity contribution in [3.8, 4) is 0 Å². The van der Waals surface area contributed by atoms with E-state index in [1.54, 1.807) is 12.2 Å². The lowest BCUT2D eigenvalue weighted by molar-refractivity contribution is -0.116. The van der Waals surface area contributed by atoms with Crippen molar-refractivity contribution in [2.75, 3.05) is 5.33 Å². The van der Waals surface area contributed by atoms with E-state index < -0.39 is 11.6 Å². The smallest absolute Gasteiger partial charge is 0.244 e. The van der Waals surface area contributed by atoms with Gasteiger partial charge in [0.15, 0.2) is 0 Å². The second-order valence-corrected chi connectivity index (χ2v) is 4.04. The van der Waals surface area contributed by atoms with E-state index in [1.165, 1.54) is 12.1 Å². The van der Waals surface area contributed by atoms with Crippen LogP contribution in [0.1, 0.15) is 5.56 Å². The number of allylic oxidation sites excluding steroid dienone is 3. The number of carbonyl (C=O) groups excluding carboxylic acids is 1.